The Hall–Kier alpha value is -10.1. The summed E-state index contributed by atoms with van der Waals surface area (Å²) in [6.07, 6.45) is -11.7. The summed E-state index contributed by atoms with van der Waals surface area (Å²) in [5.41, 5.74) is -7.74. The first-order chi connectivity index (χ1) is 47.0. The number of ether oxygens (including phenoxy) is 8. The summed E-state index contributed by atoms with van der Waals surface area (Å²) in [5, 5.41) is 41.5. The summed E-state index contributed by atoms with van der Waals surface area (Å²) in [7, 11) is 2.70. The van der Waals surface area contributed by atoms with Crippen LogP contribution < -0.4 is 10.1 Å². The summed E-state index contributed by atoms with van der Waals surface area (Å²) >= 11 is 0. The zero-order valence-electron chi connectivity index (χ0n) is 56.4. The first-order valence-corrected chi connectivity index (χ1v) is 32.7. The molecule has 4 fully saturated rings. The van der Waals surface area contributed by atoms with Gasteiger partial charge in [-0.3, -0.25) is 34.1 Å². The summed E-state index contributed by atoms with van der Waals surface area (Å²) in [6, 6.07) is 32.3. The number of nitrogens with one attached hydrogen (secondary N) is 1. The van der Waals surface area contributed by atoms with E-state index in [1.54, 1.807) is 83.8 Å². The van der Waals surface area contributed by atoms with Gasteiger partial charge in [0.1, 0.15) is 41.8 Å². The normalized spacial score (nSPS) is 25.3. The van der Waals surface area contributed by atoms with Crippen LogP contribution in [0.25, 0.3) is 0 Å². The number of hydrogen-bond donors (Lipinski definition) is 3. The van der Waals surface area contributed by atoms with E-state index in [0.717, 1.165) is 42.9 Å². The minimum atomic E-state index is -2.56. The number of aliphatic hydroxyl groups excluding tert-OH is 1. The zero-order chi connectivity index (χ0) is 71.5. The third-order valence-electron chi connectivity index (χ3n) is 20.0. The molecule has 12 atom stereocenters. The number of nitro benzene ring substituents is 1. The molecular weight excluding hydrogens is 1280 g/mol. The SMILES string of the molecule is CC(=O)O[C@H]1C(=O)[C@@]2(C)[C@H]([C@H](OC(=O)c3ccccc3)[C@]3(O)C[C@H](OC(=O)[C@H](OC(=O)N(C)CCN(C)C(=O)OC(C)c4ccc([N+](=O)[O-])c(Oc5ccc(C(=O)N6CCCCC6)cc5)c4)[C@@H](NC(=O)c4ccccc4)c4ccccc4)C(C)=C1C3(C)C)[C@]1(OC(C)=O)CO[C@@H]1C[C@@H]2O. The minimum Gasteiger partial charge on any atom is -0.455 e. The number of ketones is 1. The van der Waals surface area contributed by atoms with Gasteiger partial charge >= 0.3 is 41.8 Å². The lowest BCUT2D eigenvalue weighted by Crippen LogP contribution is -2.82. The predicted octanol–water partition coefficient (Wildman–Crippen LogP) is 8.97. The lowest BCUT2D eigenvalue weighted by atomic mass is 9.44. The maximum absolute atomic E-state index is 16.0. The Morgan fingerprint density at radius 3 is 1.92 bits per heavy atom. The maximum atomic E-state index is 16.0. The van der Waals surface area contributed by atoms with Crippen LogP contribution >= 0.6 is 0 Å². The van der Waals surface area contributed by atoms with E-state index in [0.29, 0.717) is 24.2 Å². The number of fused-ring (bicyclic) bond motifs is 5. The van der Waals surface area contributed by atoms with Crippen LogP contribution in [-0.4, -0.2) is 178 Å². The Morgan fingerprint density at radius 2 is 1.34 bits per heavy atom. The minimum absolute atomic E-state index is 0.000247. The van der Waals surface area contributed by atoms with E-state index in [1.165, 1.54) is 103 Å². The zero-order valence-corrected chi connectivity index (χ0v) is 56.4. The Balaban J connectivity index is 0.945. The van der Waals surface area contributed by atoms with E-state index in [1.807, 2.05) is 0 Å². The number of carbonyl (C=O) groups is 9. The molecule has 2 aliphatic heterocycles. The van der Waals surface area contributed by atoms with Gasteiger partial charge in [0, 0.05) is 89.6 Å². The number of amides is 4. The molecule has 26 heteroatoms. The smallest absolute Gasteiger partial charge is 0.410 e. The number of likely N-dealkylation sites (tertiary alicyclic amines) is 1. The largest absolute Gasteiger partial charge is 0.455 e. The fourth-order valence-corrected chi connectivity index (χ4v) is 14.4. The lowest BCUT2D eigenvalue weighted by Gasteiger charge is -2.67. The molecule has 2 heterocycles. The summed E-state index contributed by atoms with van der Waals surface area (Å²) in [4.78, 5) is 145. The first kappa shape index (κ1) is 71.7. The highest BCUT2D eigenvalue weighted by molar-refractivity contribution is 5.97. The van der Waals surface area contributed by atoms with Crippen LogP contribution in [0.15, 0.2) is 145 Å². The number of aliphatic hydroxyl groups is 2. The number of nitro groups is 1. The molecule has 2 bridgehead atoms. The molecule has 4 amide bonds. The average Bonchev–Trinajstić information content (AvgIpc) is 0.669. The summed E-state index contributed by atoms with van der Waals surface area (Å²) < 4.78 is 49.1. The quantitative estimate of drug-likeness (QED) is 0.0215. The van der Waals surface area contributed by atoms with Crippen molar-refractivity contribution in [3.05, 3.63) is 183 Å². The van der Waals surface area contributed by atoms with Gasteiger partial charge in [-0.25, -0.2) is 19.2 Å². The van der Waals surface area contributed by atoms with Crippen LogP contribution in [0, 0.1) is 26.9 Å². The summed E-state index contributed by atoms with van der Waals surface area (Å²) in [6.45, 7) is 10.0. The molecule has 99 heavy (non-hydrogen) atoms. The Kier molecular flexibility index (Phi) is 21.1. The summed E-state index contributed by atoms with van der Waals surface area (Å²) in [5.74, 6) is -7.56. The van der Waals surface area contributed by atoms with Crippen molar-refractivity contribution in [1.82, 2.24) is 20.0 Å². The second-order valence-corrected chi connectivity index (χ2v) is 26.5. The molecular formula is C73H81N5O21. The number of nitrogens with zero attached hydrogens (tertiary/aromatic N) is 4. The van der Waals surface area contributed by atoms with Gasteiger partial charge < -0.3 is 68.1 Å². The molecule has 0 spiro atoms. The van der Waals surface area contributed by atoms with Gasteiger partial charge in [-0.2, -0.15) is 0 Å². The van der Waals surface area contributed by atoms with Gasteiger partial charge in [-0.05, 0) is 123 Å². The van der Waals surface area contributed by atoms with Crippen molar-refractivity contribution < 1.29 is 96.2 Å². The lowest BCUT2D eigenvalue weighted by molar-refractivity contribution is -0.385. The highest BCUT2D eigenvalue weighted by atomic mass is 16.6. The average molecular weight is 1360 g/mol. The number of carbonyl (C=O) groups excluding carboxylic acids is 9. The molecule has 10 rings (SSSR count). The molecule has 5 aromatic rings. The Bertz CT molecular complexity index is 3940. The van der Waals surface area contributed by atoms with Crippen molar-refractivity contribution in [3.63, 3.8) is 0 Å². The van der Waals surface area contributed by atoms with E-state index >= 15 is 9.59 Å². The number of Topliss-reactive ketones (excluding diaryl/α,β-unsaturated/α-hetero) is 1. The second kappa shape index (κ2) is 29.2. The molecule has 5 aliphatic rings. The Morgan fingerprint density at radius 1 is 0.747 bits per heavy atom. The van der Waals surface area contributed by atoms with Crippen LogP contribution in [-0.2, 0) is 52.3 Å². The number of likely N-dealkylation sites (N-methyl/N-ethyl adjacent to an activating group) is 2. The molecule has 0 aromatic heterocycles. The van der Waals surface area contributed by atoms with Gasteiger partial charge in [-0.1, -0.05) is 80.6 Å². The molecule has 26 nitrogen and oxygen atoms in total. The molecule has 3 N–H and O–H groups in total. The molecule has 2 saturated heterocycles. The van der Waals surface area contributed by atoms with Gasteiger partial charge in [0.05, 0.1) is 34.5 Å². The Labute approximate surface area is 571 Å². The fraction of sp³-hybridized carbons (Fsp3) is 0.438. The van der Waals surface area contributed by atoms with Gasteiger partial charge in [-0.15, -0.1) is 0 Å². The topological polar surface area (TPSA) is 333 Å². The number of benzene rings is 5. The second-order valence-electron chi connectivity index (χ2n) is 26.5. The third-order valence-corrected chi connectivity index (χ3v) is 20.0. The van der Waals surface area contributed by atoms with Crippen molar-refractivity contribution in [2.45, 2.75) is 141 Å². The molecule has 0 radical (unpaired) electrons. The van der Waals surface area contributed by atoms with Gasteiger partial charge in [0.2, 0.25) is 11.9 Å². The molecule has 5 aromatic carbocycles. The van der Waals surface area contributed by atoms with Crippen molar-refractivity contribution in [3.8, 4) is 11.5 Å². The van der Waals surface area contributed by atoms with Crippen LogP contribution in [0.5, 0.6) is 11.5 Å². The van der Waals surface area contributed by atoms with Crippen molar-refractivity contribution in [2.75, 3.05) is 46.9 Å². The fourth-order valence-electron chi connectivity index (χ4n) is 14.4. The van der Waals surface area contributed by atoms with Crippen molar-refractivity contribution in [2.24, 2.45) is 16.7 Å². The third kappa shape index (κ3) is 14.3. The molecule has 2 saturated carbocycles. The van der Waals surface area contributed by atoms with Crippen LogP contribution in [0.4, 0.5) is 15.3 Å². The van der Waals surface area contributed by atoms with E-state index in [9.17, 15) is 53.9 Å². The van der Waals surface area contributed by atoms with E-state index in [4.69, 9.17) is 37.9 Å². The standard InChI is InChI=1S/C73H81N5O21/c1-42-54(40-73(89)63(98-66(85)49-26-18-12-19-27-49)61-71(7,55(81)39-56-72(61,41-92-56)99-45(4)80)62(82)59(94-44(3)79)57(42)70(73,5)6)96-67(86)60(58(46-22-14-10-15-23-46)74-64(83)47-24-16-11-17-25-47)97-69(88)76(9)37-36-75(8)68(87)93-43(2)50-30-33-52(78(90)91)53(38-50)95-51-31-28-48(29-32-51)65(84)77-34-20-13-21-35-77/h10-12,14-19,22-33,38,43,54-56,58-61,63,81,89H,13,20-21,34-37,39-41H2,1-9H3,(H,74,83)/t43?,54-,55-,56+,58-,59+,60+,61-,63-,71+,72-,73+/m0/s1. The highest BCUT2D eigenvalue weighted by Gasteiger charge is 2.78. The van der Waals surface area contributed by atoms with Crippen molar-refractivity contribution in [1.29, 1.82) is 0 Å². The van der Waals surface area contributed by atoms with Gasteiger partial charge in [0.25, 0.3) is 11.8 Å². The van der Waals surface area contributed by atoms with Crippen LogP contribution in [0.3, 0.4) is 0 Å². The number of piperidine rings is 1. The van der Waals surface area contributed by atoms with E-state index in [-0.39, 0.29) is 70.4 Å². The van der Waals surface area contributed by atoms with Crippen LogP contribution in [0.1, 0.15) is 135 Å². The number of esters is 4. The predicted molar refractivity (Wildman–Crippen MR) is 351 cm³/mol. The first-order valence-electron chi connectivity index (χ1n) is 32.7. The van der Waals surface area contributed by atoms with Crippen LogP contribution in [0.2, 0.25) is 0 Å². The number of hydrogen-bond acceptors (Lipinski definition) is 21. The molecule has 524 valence electrons. The molecule has 1 unspecified atom stereocenters. The number of rotatable bonds is 20. The van der Waals surface area contributed by atoms with E-state index in [2.05, 4.69) is 5.32 Å². The maximum Gasteiger partial charge on any atom is 0.410 e. The van der Waals surface area contributed by atoms with Gasteiger partial charge in [0.15, 0.2) is 17.5 Å². The highest BCUT2D eigenvalue weighted by Crippen LogP contribution is 2.64. The monoisotopic (exact) mass is 1360 g/mol. The van der Waals surface area contributed by atoms with E-state index < -0.39 is 142 Å². The van der Waals surface area contributed by atoms with Crippen molar-refractivity contribution >= 4 is 59.3 Å². The molecule has 3 aliphatic carbocycles.